The van der Waals surface area contributed by atoms with Gasteiger partial charge in [0.05, 0.1) is 0 Å². The molecule has 1 fully saturated rings. The number of carboxylic acid groups (broad SMARTS) is 1. The standard InChI is InChI=1S/C18H29NO4/c1-4-5-6-7-14-13(8-9-16(14)20)11-17(21)19-15(18(22)23)10-12(2)3/h5-6,12-15H,4,7-11H2,1-3H3,(H,19,21)(H,22,23)/t13-,14-,15+/m1/s1. The van der Waals surface area contributed by atoms with Gasteiger partial charge in [-0.25, -0.2) is 4.79 Å². The van der Waals surface area contributed by atoms with Gasteiger partial charge in [-0.05, 0) is 37.5 Å². The van der Waals surface area contributed by atoms with Gasteiger partial charge >= 0.3 is 5.97 Å². The van der Waals surface area contributed by atoms with Crippen molar-refractivity contribution >= 4 is 17.7 Å². The summed E-state index contributed by atoms with van der Waals surface area (Å²) in [7, 11) is 0. The number of carbonyl (C=O) groups is 3. The van der Waals surface area contributed by atoms with Gasteiger partial charge in [-0.3, -0.25) is 9.59 Å². The predicted octanol–water partition coefficient (Wildman–Crippen LogP) is 2.94. The number of nitrogens with one attached hydrogen (secondary N) is 1. The van der Waals surface area contributed by atoms with Crippen LogP contribution < -0.4 is 5.32 Å². The third kappa shape index (κ3) is 6.55. The van der Waals surface area contributed by atoms with E-state index in [0.29, 0.717) is 19.3 Å². The highest BCUT2D eigenvalue weighted by molar-refractivity contribution is 5.87. The number of Topliss-reactive ketones (excluding diaryl/α,β-unsaturated/α-hetero) is 1. The summed E-state index contributed by atoms with van der Waals surface area (Å²) in [5, 5.41) is 11.8. The number of amides is 1. The van der Waals surface area contributed by atoms with Crippen molar-refractivity contribution in [3.05, 3.63) is 12.2 Å². The van der Waals surface area contributed by atoms with E-state index in [-0.39, 0.29) is 35.9 Å². The summed E-state index contributed by atoms with van der Waals surface area (Å²) in [5.74, 6) is -0.925. The molecule has 2 N–H and O–H groups in total. The Balaban J connectivity index is 2.58. The largest absolute Gasteiger partial charge is 0.480 e. The summed E-state index contributed by atoms with van der Waals surface area (Å²) in [5.41, 5.74) is 0. The topological polar surface area (TPSA) is 83.5 Å². The van der Waals surface area contributed by atoms with E-state index in [9.17, 15) is 19.5 Å². The minimum atomic E-state index is -1.00. The lowest BCUT2D eigenvalue weighted by Gasteiger charge is -2.20. The number of carboxylic acids is 1. The molecular formula is C18H29NO4. The molecule has 1 amide bonds. The Morgan fingerprint density at radius 2 is 2.04 bits per heavy atom. The number of aliphatic carboxylic acids is 1. The molecule has 1 rings (SSSR count). The molecule has 3 atom stereocenters. The average molecular weight is 323 g/mol. The van der Waals surface area contributed by atoms with Crippen LogP contribution in [0.3, 0.4) is 0 Å². The molecule has 0 spiro atoms. The smallest absolute Gasteiger partial charge is 0.326 e. The lowest BCUT2D eigenvalue weighted by Crippen LogP contribution is -2.42. The first-order valence-corrected chi connectivity index (χ1v) is 8.55. The fourth-order valence-corrected chi connectivity index (χ4v) is 3.14. The van der Waals surface area contributed by atoms with Gasteiger partial charge in [0.15, 0.2) is 0 Å². The minimum Gasteiger partial charge on any atom is -0.480 e. The fraction of sp³-hybridized carbons (Fsp3) is 0.722. The lowest BCUT2D eigenvalue weighted by atomic mass is 9.89. The SMILES string of the molecule is CCC=CC[C@H]1C(=O)CC[C@@H]1CC(=O)N[C@@H](CC(C)C)C(=O)O. The second kappa shape index (κ2) is 9.48. The van der Waals surface area contributed by atoms with Gasteiger partial charge in [0.1, 0.15) is 11.8 Å². The second-order valence-electron chi connectivity index (χ2n) is 6.78. The van der Waals surface area contributed by atoms with Crippen LogP contribution >= 0.6 is 0 Å². The molecule has 23 heavy (non-hydrogen) atoms. The molecule has 0 heterocycles. The first kappa shape index (κ1) is 19.4. The van der Waals surface area contributed by atoms with Gasteiger partial charge in [0, 0.05) is 18.8 Å². The van der Waals surface area contributed by atoms with Gasteiger partial charge < -0.3 is 10.4 Å². The summed E-state index contributed by atoms with van der Waals surface area (Å²) < 4.78 is 0. The van der Waals surface area contributed by atoms with Crippen molar-refractivity contribution in [1.82, 2.24) is 5.32 Å². The fourth-order valence-electron chi connectivity index (χ4n) is 3.14. The van der Waals surface area contributed by atoms with Crippen LogP contribution in [0, 0.1) is 17.8 Å². The zero-order valence-corrected chi connectivity index (χ0v) is 14.4. The van der Waals surface area contributed by atoms with Gasteiger partial charge in [-0.1, -0.05) is 32.9 Å². The maximum Gasteiger partial charge on any atom is 0.326 e. The molecule has 5 heteroatoms. The summed E-state index contributed by atoms with van der Waals surface area (Å²) in [6.07, 6.45) is 7.55. The van der Waals surface area contributed by atoms with E-state index in [1.54, 1.807) is 0 Å². The first-order valence-electron chi connectivity index (χ1n) is 8.55. The minimum absolute atomic E-state index is 0.0255. The third-order valence-corrected chi connectivity index (χ3v) is 4.32. The van der Waals surface area contributed by atoms with Crippen molar-refractivity contribution in [1.29, 1.82) is 0 Å². The monoisotopic (exact) mass is 323 g/mol. The number of hydrogen-bond donors (Lipinski definition) is 2. The van der Waals surface area contributed by atoms with E-state index in [4.69, 9.17) is 0 Å². The molecule has 5 nitrogen and oxygen atoms in total. The number of ketones is 1. The molecule has 0 bridgehead atoms. The van der Waals surface area contributed by atoms with Gasteiger partial charge in [0.25, 0.3) is 0 Å². The van der Waals surface area contributed by atoms with Gasteiger partial charge in [0.2, 0.25) is 5.91 Å². The molecule has 1 aliphatic rings. The van der Waals surface area contributed by atoms with Crippen LogP contribution in [0.2, 0.25) is 0 Å². The van der Waals surface area contributed by atoms with E-state index >= 15 is 0 Å². The zero-order valence-electron chi connectivity index (χ0n) is 14.4. The van der Waals surface area contributed by atoms with E-state index in [1.165, 1.54) is 0 Å². The van der Waals surface area contributed by atoms with Crippen LogP contribution in [-0.2, 0) is 14.4 Å². The molecule has 0 aliphatic heterocycles. The molecule has 0 aromatic rings. The Morgan fingerprint density at radius 1 is 1.35 bits per heavy atom. The summed E-state index contributed by atoms with van der Waals surface area (Å²) in [6, 6.07) is -0.849. The van der Waals surface area contributed by atoms with Crippen LogP contribution in [-0.4, -0.2) is 28.8 Å². The molecule has 0 saturated heterocycles. The average Bonchev–Trinajstić information content (AvgIpc) is 2.79. The van der Waals surface area contributed by atoms with Crippen molar-refractivity contribution in [3.63, 3.8) is 0 Å². The highest BCUT2D eigenvalue weighted by Crippen LogP contribution is 2.34. The first-order chi connectivity index (χ1) is 10.8. The molecule has 0 radical (unpaired) electrons. The Kier molecular flexibility index (Phi) is 8.00. The summed E-state index contributed by atoms with van der Waals surface area (Å²) in [4.78, 5) is 35.4. The Morgan fingerprint density at radius 3 is 2.61 bits per heavy atom. The van der Waals surface area contributed by atoms with E-state index in [1.807, 2.05) is 32.9 Å². The van der Waals surface area contributed by atoms with Crippen molar-refractivity contribution in [2.75, 3.05) is 0 Å². The van der Waals surface area contributed by atoms with Crippen molar-refractivity contribution in [2.24, 2.45) is 17.8 Å². The molecular weight excluding hydrogens is 294 g/mol. The van der Waals surface area contributed by atoms with Gasteiger partial charge in [-0.15, -0.1) is 0 Å². The van der Waals surface area contributed by atoms with Crippen molar-refractivity contribution < 1.29 is 19.5 Å². The maximum absolute atomic E-state index is 12.2. The molecule has 130 valence electrons. The zero-order chi connectivity index (χ0) is 17.4. The van der Waals surface area contributed by atoms with Crippen LogP contribution in [0.4, 0.5) is 0 Å². The highest BCUT2D eigenvalue weighted by Gasteiger charge is 2.35. The molecule has 0 aromatic heterocycles. The van der Waals surface area contributed by atoms with E-state index in [0.717, 1.165) is 12.8 Å². The summed E-state index contributed by atoms with van der Waals surface area (Å²) >= 11 is 0. The molecule has 1 saturated carbocycles. The number of hydrogen-bond acceptors (Lipinski definition) is 3. The van der Waals surface area contributed by atoms with Crippen molar-refractivity contribution in [2.45, 2.75) is 65.3 Å². The van der Waals surface area contributed by atoms with Crippen LogP contribution in [0.1, 0.15) is 59.3 Å². The van der Waals surface area contributed by atoms with E-state index in [2.05, 4.69) is 5.32 Å². The highest BCUT2D eigenvalue weighted by atomic mass is 16.4. The molecule has 0 unspecified atom stereocenters. The third-order valence-electron chi connectivity index (χ3n) is 4.32. The van der Waals surface area contributed by atoms with Crippen LogP contribution in [0.25, 0.3) is 0 Å². The number of allylic oxidation sites excluding steroid dienone is 2. The van der Waals surface area contributed by atoms with E-state index < -0.39 is 12.0 Å². The number of rotatable bonds is 9. The van der Waals surface area contributed by atoms with Crippen LogP contribution in [0.15, 0.2) is 12.2 Å². The quantitative estimate of drug-likeness (QED) is 0.639. The lowest BCUT2D eigenvalue weighted by molar-refractivity contribution is -0.142. The molecule has 0 aromatic carbocycles. The number of carbonyl (C=O) groups excluding carboxylic acids is 2. The van der Waals surface area contributed by atoms with Crippen LogP contribution in [0.5, 0.6) is 0 Å². The maximum atomic E-state index is 12.2. The Bertz CT molecular complexity index is 456. The Labute approximate surface area is 138 Å². The molecule has 1 aliphatic carbocycles. The van der Waals surface area contributed by atoms with Gasteiger partial charge in [-0.2, -0.15) is 0 Å². The second-order valence-corrected chi connectivity index (χ2v) is 6.78. The van der Waals surface area contributed by atoms with Crippen molar-refractivity contribution in [3.8, 4) is 0 Å². The predicted molar refractivity (Wildman–Crippen MR) is 88.9 cm³/mol. The normalized spacial score (nSPS) is 22.7. The summed E-state index contributed by atoms with van der Waals surface area (Å²) in [6.45, 7) is 5.89. The Hall–Kier alpha value is -1.65.